The van der Waals surface area contributed by atoms with Gasteiger partial charge in [0.15, 0.2) is 5.76 Å². The number of aryl methyl sites for hydroxylation is 2. The lowest BCUT2D eigenvalue weighted by atomic mass is 10.0. The van der Waals surface area contributed by atoms with Crippen LogP contribution < -0.4 is 4.90 Å². The van der Waals surface area contributed by atoms with Crippen LogP contribution in [0.5, 0.6) is 0 Å². The molecule has 1 aromatic carbocycles. The Balaban J connectivity index is 1.68. The van der Waals surface area contributed by atoms with E-state index in [1.54, 1.807) is 33.5 Å². The maximum absolute atomic E-state index is 12.8. The summed E-state index contributed by atoms with van der Waals surface area (Å²) in [4.78, 5) is 14.9. The van der Waals surface area contributed by atoms with Crippen molar-refractivity contribution in [3.05, 3.63) is 47.4 Å². The van der Waals surface area contributed by atoms with Crippen LogP contribution in [0.1, 0.15) is 40.9 Å². The first kappa shape index (κ1) is 17.3. The van der Waals surface area contributed by atoms with Crippen LogP contribution in [0, 0.1) is 6.92 Å². The van der Waals surface area contributed by atoms with Gasteiger partial charge in [-0.3, -0.25) is 4.79 Å². The van der Waals surface area contributed by atoms with Gasteiger partial charge in [0.05, 0.1) is 11.2 Å². The molecule has 1 saturated heterocycles. The lowest BCUT2D eigenvalue weighted by Gasteiger charge is -2.29. The molecule has 7 heteroatoms. The SMILES string of the molecule is Cc1ccoc1C(=O)N1CCCc2cc(S(=O)(=O)N3CCCC3)ccc21. The number of nitrogens with zero attached hydrogens (tertiary/aromatic N) is 2. The Kier molecular flexibility index (Phi) is 4.36. The van der Waals surface area contributed by atoms with Gasteiger partial charge in [-0.05, 0) is 62.4 Å². The van der Waals surface area contributed by atoms with Gasteiger partial charge in [-0.2, -0.15) is 4.31 Å². The summed E-state index contributed by atoms with van der Waals surface area (Å²) in [6, 6.07) is 6.88. The average Bonchev–Trinajstić information content (AvgIpc) is 3.32. The molecule has 1 fully saturated rings. The van der Waals surface area contributed by atoms with Crippen molar-refractivity contribution in [2.75, 3.05) is 24.5 Å². The monoisotopic (exact) mass is 374 g/mol. The minimum Gasteiger partial charge on any atom is -0.459 e. The third-order valence-electron chi connectivity index (χ3n) is 5.17. The number of hydrogen-bond acceptors (Lipinski definition) is 4. The van der Waals surface area contributed by atoms with Crippen molar-refractivity contribution < 1.29 is 17.6 Å². The van der Waals surface area contributed by atoms with Gasteiger partial charge >= 0.3 is 0 Å². The highest BCUT2D eigenvalue weighted by molar-refractivity contribution is 7.89. The van der Waals surface area contributed by atoms with E-state index >= 15 is 0 Å². The largest absolute Gasteiger partial charge is 0.459 e. The second-order valence-electron chi connectivity index (χ2n) is 6.89. The number of carbonyl (C=O) groups is 1. The number of fused-ring (bicyclic) bond motifs is 1. The first-order valence-corrected chi connectivity index (χ1v) is 10.4. The van der Waals surface area contributed by atoms with Gasteiger partial charge in [-0.15, -0.1) is 0 Å². The van der Waals surface area contributed by atoms with Crippen LogP contribution in [0.4, 0.5) is 5.69 Å². The van der Waals surface area contributed by atoms with Gasteiger partial charge in [0.2, 0.25) is 10.0 Å². The van der Waals surface area contributed by atoms with Crippen molar-refractivity contribution in [2.45, 2.75) is 37.5 Å². The zero-order chi connectivity index (χ0) is 18.3. The van der Waals surface area contributed by atoms with Gasteiger partial charge in [0, 0.05) is 30.9 Å². The van der Waals surface area contributed by atoms with Crippen LogP contribution in [-0.2, 0) is 16.4 Å². The van der Waals surface area contributed by atoms with Crippen molar-refractivity contribution in [3.63, 3.8) is 0 Å². The molecule has 138 valence electrons. The second-order valence-corrected chi connectivity index (χ2v) is 8.83. The van der Waals surface area contributed by atoms with Crippen molar-refractivity contribution in [1.82, 2.24) is 4.31 Å². The Morgan fingerprint density at radius 2 is 1.85 bits per heavy atom. The van der Waals surface area contributed by atoms with E-state index in [9.17, 15) is 13.2 Å². The predicted octanol–water partition coefficient (Wildman–Crippen LogP) is 2.97. The van der Waals surface area contributed by atoms with E-state index in [1.165, 1.54) is 6.26 Å². The summed E-state index contributed by atoms with van der Waals surface area (Å²) < 4.78 is 32.5. The molecule has 0 aliphatic carbocycles. The quantitative estimate of drug-likeness (QED) is 0.828. The standard InChI is InChI=1S/C19H22N2O4S/c1-14-8-12-25-18(14)19(22)21-11-4-5-15-13-16(6-7-17(15)21)26(23,24)20-9-2-3-10-20/h6-8,12-13H,2-5,9-11H2,1H3. The number of furan rings is 1. The lowest BCUT2D eigenvalue weighted by molar-refractivity contribution is 0.0957. The molecule has 3 heterocycles. The Morgan fingerprint density at radius 1 is 1.08 bits per heavy atom. The number of hydrogen-bond donors (Lipinski definition) is 0. The molecular weight excluding hydrogens is 352 g/mol. The summed E-state index contributed by atoms with van der Waals surface area (Å²) >= 11 is 0. The highest BCUT2D eigenvalue weighted by Gasteiger charge is 2.30. The predicted molar refractivity (Wildman–Crippen MR) is 97.9 cm³/mol. The molecule has 6 nitrogen and oxygen atoms in total. The third-order valence-corrected chi connectivity index (χ3v) is 7.07. The van der Waals surface area contributed by atoms with Gasteiger partial charge < -0.3 is 9.32 Å². The third kappa shape index (κ3) is 2.85. The molecule has 0 N–H and O–H groups in total. The normalized spacial score (nSPS) is 18.1. The number of carbonyl (C=O) groups excluding carboxylic acids is 1. The van der Waals surface area contributed by atoms with Gasteiger partial charge in [-0.1, -0.05) is 0 Å². The van der Waals surface area contributed by atoms with E-state index in [4.69, 9.17) is 4.42 Å². The molecule has 0 unspecified atom stereocenters. The van der Waals surface area contributed by atoms with Gasteiger partial charge in [-0.25, -0.2) is 8.42 Å². The highest BCUT2D eigenvalue weighted by Crippen LogP contribution is 2.32. The van der Waals surface area contributed by atoms with Crippen LogP contribution in [0.2, 0.25) is 0 Å². The number of rotatable bonds is 3. The molecule has 2 aliphatic rings. The van der Waals surface area contributed by atoms with Crippen LogP contribution >= 0.6 is 0 Å². The molecule has 26 heavy (non-hydrogen) atoms. The molecular formula is C19H22N2O4S. The smallest absolute Gasteiger partial charge is 0.294 e. The molecule has 0 spiro atoms. The Labute approximate surface area is 153 Å². The minimum absolute atomic E-state index is 0.177. The first-order chi connectivity index (χ1) is 12.5. The summed E-state index contributed by atoms with van der Waals surface area (Å²) in [5.74, 6) is 0.162. The molecule has 0 bridgehead atoms. The van der Waals surface area contributed by atoms with E-state index in [-0.39, 0.29) is 5.91 Å². The van der Waals surface area contributed by atoms with Gasteiger partial charge in [0.1, 0.15) is 0 Å². The van der Waals surface area contributed by atoms with Crippen molar-refractivity contribution in [3.8, 4) is 0 Å². The molecule has 4 rings (SSSR count). The van der Waals surface area contributed by atoms with E-state index in [0.717, 1.165) is 42.5 Å². The molecule has 0 saturated carbocycles. The Bertz CT molecular complexity index is 942. The first-order valence-electron chi connectivity index (χ1n) is 8.97. The second kappa shape index (κ2) is 6.55. The molecule has 1 aromatic heterocycles. The Morgan fingerprint density at radius 3 is 2.54 bits per heavy atom. The zero-order valence-electron chi connectivity index (χ0n) is 14.8. The summed E-state index contributed by atoms with van der Waals surface area (Å²) in [6.07, 6.45) is 4.90. The summed E-state index contributed by atoms with van der Waals surface area (Å²) in [6.45, 7) is 3.61. The topological polar surface area (TPSA) is 70.8 Å². The molecule has 0 radical (unpaired) electrons. The fourth-order valence-electron chi connectivity index (χ4n) is 3.74. The molecule has 2 aliphatic heterocycles. The number of anilines is 1. The van der Waals surface area contributed by atoms with E-state index in [0.29, 0.717) is 30.3 Å². The minimum atomic E-state index is -3.45. The lowest BCUT2D eigenvalue weighted by Crippen LogP contribution is -2.36. The molecule has 0 atom stereocenters. The zero-order valence-corrected chi connectivity index (χ0v) is 15.6. The molecule has 2 aromatic rings. The van der Waals surface area contributed by atoms with Crippen LogP contribution in [0.3, 0.4) is 0 Å². The van der Waals surface area contributed by atoms with E-state index in [1.807, 2.05) is 6.92 Å². The van der Waals surface area contributed by atoms with Crippen LogP contribution in [-0.4, -0.2) is 38.3 Å². The number of sulfonamides is 1. The average molecular weight is 374 g/mol. The number of amides is 1. The maximum atomic E-state index is 12.8. The fourth-order valence-corrected chi connectivity index (χ4v) is 5.31. The van der Waals surface area contributed by atoms with E-state index in [2.05, 4.69) is 0 Å². The summed E-state index contributed by atoms with van der Waals surface area (Å²) in [7, 11) is -3.45. The van der Waals surface area contributed by atoms with Gasteiger partial charge in [0.25, 0.3) is 5.91 Å². The Hall–Kier alpha value is -2.12. The molecule has 1 amide bonds. The fraction of sp³-hybridized carbons (Fsp3) is 0.421. The number of benzene rings is 1. The van der Waals surface area contributed by atoms with Crippen molar-refractivity contribution >= 4 is 21.6 Å². The van der Waals surface area contributed by atoms with Crippen molar-refractivity contribution in [1.29, 1.82) is 0 Å². The van der Waals surface area contributed by atoms with Crippen LogP contribution in [0.25, 0.3) is 0 Å². The maximum Gasteiger partial charge on any atom is 0.294 e. The summed E-state index contributed by atoms with van der Waals surface area (Å²) in [5.41, 5.74) is 2.47. The summed E-state index contributed by atoms with van der Waals surface area (Å²) in [5, 5.41) is 0. The van der Waals surface area contributed by atoms with Crippen LogP contribution in [0.15, 0.2) is 39.8 Å². The van der Waals surface area contributed by atoms with E-state index < -0.39 is 10.0 Å². The highest BCUT2D eigenvalue weighted by atomic mass is 32.2. The van der Waals surface area contributed by atoms with Crippen molar-refractivity contribution in [2.24, 2.45) is 0 Å².